The highest BCUT2D eigenvalue weighted by Gasteiger charge is 2.23. The monoisotopic (exact) mass is 302 g/mol. The van der Waals surface area contributed by atoms with Crippen LogP contribution >= 0.6 is 11.3 Å². The Morgan fingerprint density at radius 1 is 1.37 bits per heavy atom. The van der Waals surface area contributed by atoms with Crippen LogP contribution in [0.5, 0.6) is 0 Å². The Balaban J connectivity index is 2.04. The van der Waals surface area contributed by atoms with Crippen molar-refractivity contribution in [2.45, 2.75) is 56.5 Å². The number of nitrogens with one attached hydrogen (secondary N) is 1. The fraction of sp³-hybridized carbons (Fsp3) is 0.692. The van der Waals surface area contributed by atoms with Gasteiger partial charge in [0, 0.05) is 22.8 Å². The minimum Gasteiger partial charge on any atom is -0.326 e. The Morgan fingerprint density at radius 3 is 2.84 bits per heavy atom. The first-order valence-electron chi connectivity index (χ1n) is 6.81. The van der Waals surface area contributed by atoms with Crippen molar-refractivity contribution >= 4 is 21.4 Å². The molecule has 3 N–H and O–H groups in total. The molecule has 1 aromatic rings. The first-order chi connectivity index (χ1) is 9.01. The van der Waals surface area contributed by atoms with Crippen molar-refractivity contribution in [1.29, 1.82) is 0 Å². The lowest BCUT2D eigenvalue weighted by atomic mass is 10.0. The lowest BCUT2D eigenvalue weighted by Crippen LogP contribution is -2.34. The molecule has 1 saturated carbocycles. The summed E-state index contributed by atoms with van der Waals surface area (Å²) in [7, 11) is -3.38. The van der Waals surface area contributed by atoms with E-state index in [2.05, 4.69) is 11.6 Å². The number of hydrogen-bond donors (Lipinski definition) is 2. The van der Waals surface area contributed by atoms with Gasteiger partial charge in [-0.2, -0.15) is 0 Å². The zero-order valence-electron chi connectivity index (χ0n) is 11.3. The largest absolute Gasteiger partial charge is 0.326 e. The van der Waals surface area contributed by atoms with Gasteiger partial charge in [-0.15, -0.1) is 11.3 Å². The highest BCUT2D eigenvalue weighted by molar-refractivity contribution is 7.89. The topological polar surface area (TPSA) is 72.2 Å². The normalized spacial score (nSPS) is 25.2. The van der Waals surface area contributed by atoms with E-state index >= 15 is 0 Å². The number of sulfonamides is 1. The van der Waals surface area contributed by atoms with Crippen LogP contribution in [0.4, 0.5) is 0 Å². The molecule has 19 heavy (non-hydrogen) atoms. The van der Waals surface area contributed by atoms with Crippen molar-refractivity contribution in [3.63, 3.8) is 0 Å². The van der Waals surface area contributed by atoms with Gasteiger partial charge in [-0.1, -0.05) is 19.8 Å². The molecule has 108 valence electrons. The van der Waals surface area contributed by atoms with Gasteiger partial charge in [0.2, 0.25) is 10.0 Å². The van der Waals surface area contributed by atoms with Crippen molar-refractivity contribution in [3.8, 4) is 0 Å². The summed E-state index contributed by atoms with van der Waals surface area (Å²) in [6, 6.07) is 1.75. The van der Waals surface area contributed by atoms with E-state index in [0.29, 0.717) is 17.4 Å². The third-order valence-corrected chi connectivity index (χ3v) is 6.33. The number of rotatable bonds is 4. The van der Waals surface area contributed by atoms with E-state index < -0.39 is 10.0 Å². The molecule has 2 atom stereocenters. The molecular weight excluding hydrogens is 280 g/mol. The minimum absolute atomic E-state index is 0.0798. The first kappa shape index (κ1) is 15.0. The second kappa shape index (κ2) is 6.35. The van der Waals surface area contributed by atoms with Crippen LogP contribution in [0, 0.1) is 5.92 Å². The molecule has 0 amide bonds. The average molecular weight is 302 g/mol. The molecule has 0 bridgehead atoms. The van der Waals surface area contributed by atoms with Crippen molar-refractivity contribution in [3.05, 3.63) is 16.3 Å². The van der Waals surface area contributed by atoms with Gasteiger partial charge in [0.25, 0.3) is 0 Å². The van der Waals surface area contributed by atoms with Gasteiger partial charge in [0.15, 0.2) is 0 Å². The fourth-order valence-corrected chi connectivity index (χ4v) is 4.96. The molecule has 6 heteroatoms. The molecule has 4 nitrogen and oxygen atoms in total. The summed E-state index contributed by atoms with van der Waals surface area (Å²) < 4.78 is 27.4. The second-order valence-electron chi connectivity index (χ2n) is 5.38. The Bertz CT molecular complexity index is 510. The third kappa shape index (κ3) is 4.02. The van der Waals surface area contributed by atoms with Crippen LogP contribution in [-0.4, -0.2) is 14.5 Å². The summed E-state index contributed by atoms with van der Waals surface area (Å²) in [4.78, 5) is 1.25. The molecule has 0 aliphatic heterocycles. The predicted molar refractivity (Wildman–Crippen MR) is 78.6 cm³/mol. The molecule has 2 rings (SSSR count). The first-order valence-corrected chi connectivity index (χ1v) is 9.17. The van der Waals surface area contributed by atoms with Gasteiger partial charge in [-0.25, -0.2) is 13.1 Å². The van der Waals surface area contributed by atoms with Crippen LogP contribution in [-0.2, 0) is 16.6 Å². The van der Waals surface area contributed by atoms with Crippen molar-refractivity contribution in [1.82, 2.24) is 4.72 Å². The van der Waals surface area contributed by atoms with Crippen LogP contribution in [0.1, 0.15) is 43.9 Å². The zero-order chi connectivity index (χ0) is 13.9. The second-order valence-corrected chi connectivity index (χ2v) is 8.09. The lowest BCUT2D eigenvalue weighted by Gasteiger charge is -2.15. The molecule has 2 unspecified atom stereocenters. The molecular formula is C13H22N2O2S2. The van der Waals surface area contributed by atoms with Crippen LogP contribution in [0.15, 0.2) is 16.3 Å². The summed E-state index contributed by atoms with van der Waals surface area (Å²) in [6.07, 6.45) is 5.29. The summed E-state index contributed by atoms with van der Waals surface area (Å²) in [5.41, 5.74) is 5.52. The Kier molecular flexibility index (Phi) is 5.00. The number of nitrogens with two attached hydrogens (primary N) is 1. The molecule has 1 aromatic heterocycles. The fourth-order valence-electron chi connectivity index (χ4n) is 2.50. The maximum absolute atomic E-state index is 12.3. The van der Waals surface area contributed by atoms with E-state index in [1.165, 1.54) is 17.8 Å². The Labute approximate surface area is 119 Å². The zero-order valence-corrected chi connectivity index (χ0v) is 12.9. The van der Waals surface area contributed by atoms with Crippen LogP contribution in [0.25, 0.3) is 0 Å². The maximum Gasteiger partial charge on any atom is 0.241 e. The van der Waals surface area contributed by atoms with Gasteiger partial charge in [-0.05, 0) is 31.2 Å². The van der Waals surface area contributed by atoms with Crippen LogP contribution in [0.2, 0.25) is 0 Å². The third-order valence-electron chi connectivity index (χ3n) is 3.72. The standard InChI is InChI=1S/C13H22N2O2S2/c1-10-3-2-4-11(6-5-10)15-19(16,17)13-7-12(8-14)18-9-13/h7,9-11,15H,2-6,8,14H2,1H3. The highest BCUT2D eigenvalue weighted by atomic mass is 32.2. The number of thiophene rings is 1. The Hall–Kier alpha value is -0.430. The average Bonchev–Trinajstić information content (AvgIpc) is 2.77. The van der Waals surface area contributed by atoms with Gasteiger partial charge in [-0.3, -0.25) is 0 Å². The molecule has 0 radical (unpaired) electrons. The van der Waals surface area contributed by atoms with Gasteiger partial charge in [0.1, 0.15) is 0 Å². The van der Waals surface area contributed by atoms with Crippen LogP contribution in [0.3, 0.4) is 0 Å². The minimum atomic E-state index is -3.38. The summed E-state index contributed by atoms with van der Waals surface area (Å²) in [6.45, 7) is 2.63. The molecule has 1 fully saturated rings. The summed E-state index contributed by atoms with van der Waals surface area (Å²) in [5.74, 6) is 0.708. The van der Waals surface area contributed by atoms with Crippen molar-refractivity contribution in [2.75, 3.05) is 0 Å². The Morgan fingerprint density at radius 2 is 2.16 bits per heavy atom. The van der Waals surface area contributed by atoms with E-state index in [4.69, 9.17) is 5.73 Å². The molecule has 0 aromatic carbocycles. The van der Waals surface area contributed by atoms with E-state index in [1.54, 1.807) is 11.4 Å². The van der Waals surface area contributed by atoms with E-state index in [1.807, 2.05) is 0 Å². The summed E-state index contributed by atoms with van der Waals surface area (Å²) >= 11 is 1.40. The lowest BCUT2D eigenvalue weighted by molar-refractivity contribution is 0.484. The summed E-state index contributed by atoms with van der Waals surface area (Å²) in [5, 5.41) is 1.67. The predicted octanol–water partition coefficient (Wildman–Crippen LogP) is 2.45. The molecule has 1 aliphatic rings. The SMILES string of the molecule is CC1CCCC(NS(=O)(=O)c2csc(CN)c2)CC1. The highest BCUT2D eigenvalue weighted by Crippen LogP contribution is 2.25. The van der Waals surface area contributed by atoms with E-state index in [0.717, 1.165) is 30.6 Å². The number of hydrogen-bond acceptors (Lipinski definition) is 4. The molecule has 0 spiro atoms. The van der Waals surface area contributed by atoms with E-state index in [-0.39, 0.29) is 6.04 Å². The molecule has 1 aliphatic carbocycles. The van der Waals surface area contributed by atoms with Crippen LogP contribution < -0.4 is 10.5 Å². The molecule has 0 saturated heterocycles. The van der Waals surface area contributed by atoms with Gasteiger partial charge >= 0.3 is 0 Å². The van der Waals surface area contributed by atoms with Gasteiger partial charge in [0.05, 0.1) is 4.90 Å². The molecule has 1 heterocycles. The van der Waals surface area contributed by atoms with Gasteiger partial charge < -0.3 is 5.73 Å². The quantitative estimate of drug-likeness (QED) is 0.839. The maximum atomic E-state index is 12.3. The van der Waals surface area contributed by atoms with Crippen molar-refractivity contribution < 1.29 is 8.42 Å². The van der Waals surface area contributed by atoms with Crippen molar-refractivity contribution in [2.24, 2.45) is 11.7 Å². The smallest absolute Gasteiger partial charge is 0.241 e. The van der Waals surface area contributed by atoms with E-state index in [9.17, 15) is 8.42 Å².